The number of sulfone groups is 1. The molecule has 174 valence electrons. The number of ether oxygens (including phenoxy) is 3. The second kappa shape index (κ2) is 8.75. The third-order valence-corrected chi connectivity index (χ3v) is 7.02. The van der Waals surface area contributed by atoms with Crippen molar-refractivity contribution < 1.29 is 27.4 Å². The molecule has 0 N–H and O–H groups in total. The highest BCUT2D eigenvalue weighted by atomic mass is 32.2. The number of benzene rings is 2. The first-order valence-electron chi connectivity index (χ1n) is 10.5. The molecule has 0 aliphatic carbocycles. The average molecular weight is 462 g/mol. The molecule has 1 heterocycles. The lowest BCUT2D eigenvalue weighted by Crippen LogP contribution is -2.50. The molecule has 1 aliphatic rings. The summed E-state index contributed by atoms with van der Waals surface area (Å²) in [5.41, 5.74) is -0.499. The lowest BCUT2D eigenvalue weighted by Gasteiger charge is -2.35. The van der Waals surface area contributed by atoms with Crippen LogP contribution in [-0.2, 0) is 25.7 Å². The first-order chi connectivity index (χ1) is 14.8. The van der Waals surface area contributed by atoms with Gasteiger partial charge in [0.15, 0.2) is 0 Å². The maximum Gasteiger partial charge on any atom is 0.412 e. The van der Waals surface area contributed by atoms with Crippen LogP contribution in [0.2, 0.25) is 0 Å². The molecule has 2 aromatic carbocycles. The van der Waals surface area contributed by atoms with Crippen molar-refractivity contribution in [3.63, 3.8) is 0 Å². The van der Waals surface area contributed by atoms with Crippen molar-refractivity contribution in [2.24, 2.45) is 0 Å². The molecule has 0 spiro atoms. The molecule has 0 aromatic heterocycles. The standard InChI is InChI=1S/C24H31NO6S/c1-23(2,3)31-22(26)25-18(16-30-24(25,4)5)15-17-7-11-20(12-8-17)32(27,28)21-13-9-19(29-6)10-14-21/h7-14,18H,15-16H2,1-6H3/t18-/m0/s1. The number of hydrogen-bond donors (Lipinski definition) is 0. The molecule has 0 saturated carbocycles. The molecule has 0 unspecified atom stereocenters. The van der Waals surface area contributed by atoms with Gasteiger partial charge in [-0.25, -0.2) is 13.2 Å². The first-order valence-corrected chi connectivity index (χ1v) is 12.0. The van der Waals surface area contributed by atoms with Gasteiger partial charge in [0.2, 0.25) is 9.84 Å². The molecule has 8 heteroatoms. The number of amides is 1. The van der Waals surface area contributed by atoms with Crippen LogP contribution in [0, 0.1) is 0 Å². The van der Waals surface area contributed by atoms with Crippen molar-refractivity contribution in [1.82, 2.24) is 4.90 Å². The van der Waals surface area contributed by atoms with E-state index in [0.717, 1.165) is 5.56 Å². The molecular formula is C24H31NO6S. The summed E-state index contributed by atoms with van der Waals surface area (Å²) >= 11 is 0. The van der Waals surface area contributed by atoms with Gasteiger partial charge in [-0.2, -0.15) is 0 Å². The summed E-state index contributed by atoms with van der Waals surface area (Å²) in [6.07, 6.45) is 0.0923. The van der Waals surface area contributed by atoms with Crippen LogP contribution in [0.3, 0.4) is 0 Å². The summed E-state index contributed by atoms with van der Waals surface area (Å²) in [4.78, 5) is 14.8. The van der Waals surface area contributed by atoms with Crippen LogP contribution in [0.5, 0.6) is 5.75 Å². The molecule has 1 amide bonds. The lowest BCUT2D eigenvalue weighted by atomic mass is 10.1. The van der Waals surface area contributed by atoms with E-state index in [-0.39, 0.29) is 15.8 Å². The smallest absolute Gasteiger partial charge is 0.412 e. The first kappa shape index (κ1) is 24.1. The van der Waals surface area contributed by atoms with E-state index in [2.05, 4.69) is 0 Å². The van der Waals surface area contributed by atoms with E-state index >= 15 is 0 Å². The van der Waals surface area contributed by atoms with Gasteiger partial charge in [-0.3, -0.25) is 4.90 Å². The van der Waals surface area contributed by atoms with Gasteiger partial charge in [-0.1, -0.05) is 12.1 Å². The van der Waals surface area contributed by atoms with Crippen LogP contribution in [-0.4, -0.2) is 50.5 Å². The molecule has 32 heavy (non-hydrogen) atoms. The van der Waals surface area contributed by atoms with Crippen molar-refractivity contribution in [3.8, 4) is 5.75 Å². The SMILES string of the molecule is COc1ccc(S(=O)(=O)c2ccc(C[C@H]3COC(C)(C)N3C(=O)OC(C)(C)C)cc2)cc1. The molecule has 1 saturated heterocycles. The molecule has 0 bridgehead atoms. The normalized spacial score (nSPS) is 18.4. The third-order valence-electron chi connectivity index (χ3n) is 5.24. The minimum atomic E-state index is -3.64. The van der Waals surface area contributed by atoms with Crippen LogP contribution in [0.25, 0.3) is 0 Å². The number of methoxy groups -OCH3 is 1. The summed E-state index contributed by atoms with van der Waals surface area (Å²) in [5, 5.41) is 0. The Morgan fingerprint density at radius 1 is 1.06 bits per heavy atom. The van der Waals surface area contributed by atoms with Crippen LogP contribution >= 0.6 is 0 Å². The molecule has 1 fully saturated rings. The molecular weight excluding hydrogens is 430 g/mol. The lowest BCUT2D eigenvalue weighted by molar-refractivity contribution is -0.0624. The van der Waals surface area contributed by atoms with Gasteiger partial charge in [0.25, 0.3) is 0 Å². The Hall–Kier alpha value is -2.58. The molecule has 2 aromatic rings. The van der Waals surface area contributed by atoms with Gasteiger partial charge in [0.1, 0.15) is 17.1 Å². The molecule has 3 rings (SSSR count). The van der Waals surface area contributed by atoms with E-state index < -0.39 is 27.3 Å². The fourth-order valence-corrected chi connectivity index (χ4v) is 4.94. The van der Waals surface area contributed by atoms with E-state index in [1.807, 2.05) is 34.6 Å². The van der Waals surface area contributed by atoms with E-state index in [9.17, 15) is 13.2 Å². The van der Waals surface area contributed by atoms with Gasteiger partial charge in [0.05, 0.1) is 29.5 Å². The predicted molar refractivity (Wildman–Crippen MR) is 120 cm³/mol. The number of hydrogen-bond acceptors (Lipinski definition) is 6. The highest BCUT2D eigenvalue weighted by Gasteiger charge is 2.45. The Morgan fingerprint density at radius 3 is 2.09 bits per heavy atom. The molecule has 1 aliphatic heterocycles. The van der Waals surface area contributed by atoms with Crippen molar-refractivity contribution >= 4 is 15.9 Å². The van der Waals surface area contributed by atoms with Gasteiger partial charge >= 0.3 is 6.09 Å². The maximum absolute atomic E-state index is 12.9. The predicted octanol–water partition coefficient (Wildman–Crippen LogP) is 4.44. The summed E-state index contributed by atoms with van der Waals surface area (Å²) in [6, 6.07) is 12.8. The Morgan fingerprint density at radius 2 is 1.59 bits per heavy atom. The summed E-state index contributed by atoms with van der Waals surface area (Å²) < 4.78 is 42.3. The van der Waals surface area contributed by atoms with Crippen LogP contribution in [0.15, 0.2) is 58.3 Å². The number of carbonyl (C=O) groups is 1. The Balaban J connectivity index is 1.77. The topological polar surface area (TPSA) is 82.1 Å². The minimum absolute atomic E-state index is 0.202. The Bertz CT molecular complexity index is 1050. The average Bonchev–Trinajstić information content (AvgIpc) is 3.01. The quantitative estimate of drug-likeness (QED) is 0.655. The summed E-state index contributed by atoms with van der Waals surface area (Å²) in [5.74, 6) is 0.593. The van der Waals surface area contributed by atoms with Crippen molar-refractivity contribution in [2.45, 2.75) is 68.2 Å². The number of nitrogens with zero attached hydrogens (tertiary/aromatic N) is 1. The largest absolute Gasteiger partial charge is 0.497 e. The van der Waals surface area contributed by atoms with Crippen molar-refractivity contribution in [1.29, 1.82) is 0 Å². The van der Waals surface area contributed by atoms with Crippen LogP contribution < -0.4 is 4.74 Å². The van der Waals surface area contributed by atoms with Crippen molar-refractivity contribution in [2.75, 3.05) is 13.7 Å². The van der Waals surface area contributed by atoms with E-state index in [0.29, 0.717) is 18.8 Å². The molecule has 7 nitrogen and oxygen atoms in total. The number of rotatable bonds is 5. The summed E-state index contributed by atoms with van der Waals surface area (Å²) in [7, 11) is -2.11. The highest BCUT2D eigenvalue weighted by Crippen LogP contribution is 2.31. The van der Waals surface area contributed by atoms with Crippen LogP contribution in [0.4, 0.5) is 4.79 Å². The molecule has 0 radical (unpaired) electrons. The van der Waals surface area contributed by atoms with Gasteiger partial charge < -0.3 is 14.2 Å². The minimum Gasteiger partial charge on any atom is -0.497 e. The second-order valence-corrected chi connectivity index (χ2v) is 11.2. The van der Waals surface area contributed by atoms with Crippen LogP contribution in [0.1, 0.15) is 40.2 Å². The molecule has 1 atom stereocenters. The maximum atomic E-state index is 12.9. The number of carbonyl (C=O) groups excluding carboxylic acids is 1. The Labute approximate surface area is 190 Å². The highest BCUT2D eigenvalue weighted by molar-refractivity contribution is 7.91. The monoisotopic (exact) mass is 461 g/mol. The van der Waals surface area contributed by atoms with E-state index in [1.165, 1.54) is 19.2 Å². The fourth-order valence-electron chi connectivity index (χ4n) is 3.68. The Kier molecular flexibility index (Phi) is 6.58. The zero-order valence-corrected chi connectivity index (χ0v) is 20.2. The second-order valence-electron chi connectivity index (χ2n) is 9.29. The van der Waals surface area contributed by atoms with Crippen molar-refractivity contribution in [3.05, 3.63) is 54.1 Å². The van der Waals surface area contributed by atoms with Gasteiger partial charge in [-0.05, 0) is 83.0 Å². The zero-order chi connectivity index (χ0) is 23.7. The van der Waals surface area contributed by atoms with Gasteiger partial charge in [0, 0.05) is 0 Å². The summed E-state index contributed by atoms with van der Waals surface area (Å²) in [6.45, 7) is 9.52. The zero-order valence-electron chi connectivity index (χ0n) is 19.4. The van der Waals surface area contributed by atoms with Gasteiger partial charge in [-0.15, -0.1) is 0 Å². The third kappa shape index (κ3) is 5.24. The van der Waals surface area contributed by atoms with E-state index in [1.54, 1.807) is 41.3 Å². The van der Waals surface area contributed by atoms with E-state index in [4.69, 9.17) is 14.2 Å². The fraction of sp³-hybridized carbons (Fsp3) is 0.458.